The van der Waals surface area contributed by atoms with Crippen molar-refractivity contribution in [3.05, 3.63) is 99.9 Å². The van der Waals surface area contributed by atoms with Crippen LogP contribution in [0.15, 0.2) is 83.8 Å². The zero-order chi connectivity index (χ0) is 27.5. The van der Waals surface area contributed by atoms with Crippen LogP contribution in [0.1, 0.15) is 11.3 Å². The molecule has 0 aliphatic heterocycles. The summed E-state index contributed by atoms with van der Waals surface area (Å²) in [4.78, 5) is 11.8. The van der Waals surface area contributed by atoms with Gasteiger partial charge in [0.25, 0.3) is 0 Å². The van der Waals surface area contributed by atoms with Crippen molar-refractivity contribution in [3.8, 4) is 16.8 Å². The van der Waals surface area contributed by atoms with Crippen molar-refractivity contribution >= 4 is 33.5 Å². The van der Waals surface area contributed by atoms with E-state index in [9.17, 15) is 26.4 Å². The standard InChI is InChI=1S/C25H21ClF3N5O3S.Na/c26-18-8-12-20(13-9-18)38(36,37)33-24(35)31-15-14-16-6-10-19(11-7-16)34-23(30)21(17-4-2-1-3-5-17)22(32-34)25(27,28)29;/h1-13H,14-15H2,(H4,30,31,32,33,35);/q;+1/p-1. The van der Waals surface area contributed by atoms with Gasteiger partial charge < -0.3 is 15.8 Å². The van der Waals surface area contributed by atoms with Gasteiger partial charge in [-0.1, -0.05) is 54.1 Å². The van der Waals surface area contributed by atoms with E-state index in [1.54, 1.807) is 42.5 Å². The van der Waals surface area contributed by atoms with Gasteiger partial charge in [0.15, 0.2) is 11.7 Å². The average Bonchev–Trinajstić information content (AvgIpc) is 3.22. The minimum absolute atomic E-state index is 0. The molecule has 2 amide bonds. The van der Waals surface area contributed by atoms with Crippen LogP contribution in [0.2, 0.25) is 5.02 Å². The number of benzene rings is 3. The molecule has 0 fully saturated rings. The number of amides is 2. The Bertz CT molecular complexity index is 1550. The number of carbonyl (C=O) groups is 1. The number of anilines is 1. The molecule has 3 aromatic carbocycles. The van der Waals surface area contributed by atoms with E-state index in [1.807, 2.05) is 0 Å². The van der Waals surface area contributed by atoms with Gasteiger partial charge in [0.1, 0.15) is 5.82 Å². The maximum Gasteiger partial charge on any atom is 1.00 e. The summed E-state index contributed by atoms with van der Waals surface area (Å²) < 4.78 is 69.8. The number of nitrogens with two attached hydrogens (primary N) is 1. The maximum absolute atomic E-state index is 13.7. The summed E-state index contributed by atoms with van der Waals surface area (Å²) in [5, 5.41) is 6.48. The molecule has 4 rings (SSSR count). The molecule has 3 N–H and O–H groups in total. The number of aromatic nitrogens is 2. The van der Waals surface area contributed by atoms with Gasteiger partial charge in [-0.2, -0.15) is 18.3 Å². The summed E-state index contributed by atoms with van der Waals surface area (Å²) in [5.74, 6) is -0.160. The first-order valence-electron chi connectivity index (χ1n) is 11.1. The molecule has 198 valence electrons. The molecular weight excluding hydrogens is 566 g/mol. The Morgan fingerprint density at radius 2 is 1.62 bits per heavy atom. The van der Waals surface area contributed by atoms with Crippen LogP contribution in [0, 0.1) is 0 Å². The molecule has 0 aliphatic rings. The number of nitrogen functional groups attached to an aromatic ring is 1. The van der Waals surface area contributed by atoms with E-state index in [0.717, 1.165) is 10.2 Å². The Morgan fingerprint density at radius 1 is 1.00 bits per heavy atom. The molecule has 8 nitrogen and oxygen atoms in total. The number of halogens is 4. The van der Waals surface area contributed by atoms with Gasteiger partial charge in [-0.25, -0.2) is 13.1 Å². The fraction of sp³-hybridized carbons (Fsp3) is 0.120. The molecule has 14 heteroatoms. The molecule has 1 aromatic heterocycles. The summed E-state index contributed by atoms with van der Waals surface area (Å²) in [5.41, 5.74) is 6.13. The SMILES string of the molecule is Nc1c(-c2ccccc2)c(C(F)(F)F)nn1-c1ccc(CCNC(=O)[N-]S(=O)(=O)c2ccc(Cl)cc2)cc1.[Na+]. The van der Waals surface area contributed by atoms with Crippen molar-refractivity contribution < 1.29 is 55.9 Å². The Hall–Kier alpha value is -3.03. The molecule has 4 aromatic rings. The number of hydrogen-bond donors (Lipinski definition) is 2. The first-order valence-corrected chi connectivity index (χ1v) is 12.9. The summed E-state index contributed by atoms with van der Waals surface area (Å²) in [7, 11) is -4.19. The van der Waals surface area contributed by atoms with Gasteiger partial charge in [0.2, 0.25) is 10.0 Å². The van der Waals surface area contributed by atoms with Crippen molar-refractivity contribution in [3.63, 3.8) is 0 Å². The van der Waals surface area contributed by atoms with Gasteiger partial charge in [-0.3, -0.25) is 4.79 Å². The molecule has 0 radical (unpaired) electrons. The Morgan fingerprint density at radius 3 is 2.21 bits per heavy atom. The van der Waals surface area contributed by atoms with E-state index in [-0.39, 0.29) is 52.4 Å². The maximum atomic E-state index is 13.7. The van der Waals surface area contributed by atoms with Crippen LogP contribution in [0.25, 0.3) is 21.5 Å². The first-order chi connectivity index (χ1) is 18.0. The quantitative estimate of drug-likeness (QED) is 0.323. The number of urea groups is 1. The molecule has 0 spiro atoms. The van der Waals surface area contributed by atoms with Gasteiger partial charge >= 0.3 is 35.7 Å². The van der Waals surface area contributed by atoms with Crippen molar-refractivity contribution in [2.75, 3.05) is 12.3 Å². The second-order valence-corrected chi connectivity index (χ2v) is 10.1. The van der Waals surface area contributed by atoms with E-state index in [1.165, 1.54) is 36.4 Å². The van der Waals surface area contributed by atoms with Crippen LogP contribution in [0.3, 0.4) is 0 Å². The van der Waals surface area contributed by atoms with Gasteiger partial charge in [-0.05, 0) is 60.5 Å². The molecule has 0 saturated heterocycles. The second kappa shape index (κ2) is 12.4. The third-order valence-electron chi connectivity index (χ3n) is 5.44. The summed E-state index contributed by atoms with van der Waals surface area (Å²) >= 11 is 5.74. The van der Waals surface area contributed by atoms with Crippen molar-refractivity contribution in [1.29, 1.82) is 0 Å². The molecule has 0 bridgehead atoms. The molecule has 39 heavy (non-hydrogen) atoms. The zero-order valence-electron chi connectivity index (χ0n) is 20.5. The molecule has 0 unspecified atom stereocenters. The second-order valence-electron chi connectivity index (χ2n) is 8.05. The van der Waals surface area contributed by atoms with Gasteiger partial charge in [0.05, 0.1) is 16.1 Å². The number of rotatable bonds is 7. The normalized spacial score (nSPS) is 11.5. The number of hydrogen-bond acceptors (Lipinski definition) is 5. The molecular formula is C25H20ClF3N5NaO3S. The fourth-order valence-corrected chi connectivity index (χ4v) is 4.63. The van der Waals surface area contributed by atoms with Crippen molar-refractivity contribution in [2.24, 2.45) is 0 Å². The molecule has 0 atom stereocenters. The fourth-order valence-electron chi connectivity index (χ4n) is 3.63. The van der Waals surface area contributed by atoms with E-state index >= 15 is 0 Å². The van der Waals surface area contributed by atoms with Crippen LogP contribution in [-0.2, 0) is 22.6 Å². The van der Waals surface area contributed by atoms with Gasteiger partial charge in [0, 0.05) is 5.02 Å². The number of alkyl halides is 3. The van der Waals surface area contributed by atoms with E-state index in [4.69, 9.17) is 17.3 Å². The Labute approximate surface area is 249 Å². The van der Waals surface area contributed by atoms with Crippen molar-refractivity contribution in [1.82, 2.24) is 15.1 Å². The topological polar surface area (TPSA) is 121 Å². The number of nitrogens with zero attached hydrogens (tertiary/aromatic N) is 3. The van der Waals surface area contributed by atoms with E-state index in [0.29, 0.717) is 22.7 Å². The van der Waals surface area contributed by atoms with E-state index < -0.39 is 27.9 Å². The number of nitrogens with one attached hydrogen (secondary N) is 1. The van der Waals surface area contributed by atoms with E-state index in [2.05, 4.69) is 15.1 Å². The summed E-state index contributed by atoms with van der Waals surface area (Å²) in [6.07, 6.45) is -4.41. The summed E-state index contributed by atoms with van der Waals surface area (Å²) in [6, 6.07) is 18.5. The number of carbonyl (C=O) groups excluding carboxylic acids is 1. The Balaban J connectivity index is 0.00000420. The predicted octanol–water partition coefficient (Wildman–Crippen LogP) is 2.81. The molecule has 1 heterocycles. The molecule has 0 aliphatic carbocycles. The van der Waals surface area contributed by atoms with Gasteiger partial charge in [-0.15, -0.1) is 0 Å². The van der Waals surface area contributed by atoms with Crippen LogP contribution < -0.4 is 40.6 Å². The van der Waals surface area contributed by atoms with Crippen LogP contribution in [0.4, 0.5) is 23.8 Å². The monoisotopic (exact) mass is 585 g/mol. The largest absolute Gasteiger partial charge is 1.00 e. The zero-order valence-corrected chi connectivity index (χ0v) is 24.1. The van der Waals surface area contributed by atoms with Crippen LogP contribution >= 0.6 is 11.6 Å². The predicted molar refractivity (Wildman–Crippen MR) is 138 cm³/mol. The van der Waals surface area contributed by atoms with Crippen LogP contribution in [-0.4, -0.2) is 30.8 Å². The first kappa shape index (κ1) is 30.5. The minimum atomic E-state index is -4.71. The van der Waals surface area contributed by atoms with Crippen molar-refractivity contribution in [2.45, 2.75) is 17.5 Å². The minimum Gasteiger partial charge on any atom is -0.448 e. The third kappa shape index (κ3) is 7.34. The third-order valence-corrected chi connectivity index (χ3v) is 6.96. The van der Waals surface area contributed by atoms with Crippen LogP contribution in [0.5, 0.6) is 0 Å². The average molecular weight is 586 g/mol. The summed E-state index contributed by atoms with van der Waals surface area (Å²) in [6.45, 7) is 0.0676. The molecule has 0 saturated carbocycles. The number of sulfonamides is 1. The Kier molecular flexibility index (Phi) is 9.73. The smallest absolute Gasteiger partial charge is 0.448 e.